The second kappa shape index (κ2) is 5.95. The smallest absolute Gasteiger partial charge is 0.186 e. The van der Waals surface area contributed by atoms with Crippen LogP contribution in [-0.2, 0) is 11.3 Å². The third kappa shape index (κ3) is 2.65. The molecular formula is C12H18BrN3O2. The number of nitrogens with zero attached hydrogens (tertiary/aromatic N) is 2. The summed E-state index contributed by atoms with van der Waals surface area (Å²) in [5.74, 6) is 0.201. The van der Waals surface area contributed by atoms with Crippen molar-refractivity contribution in [1.82, 2.24) is 15.1 Å². The molecule has 1 N–H and O–H groups in total. The van der Waals surface area contributed by atoms with Crippen LogP contribution in [0.4, 0.5) is 0 Å². The van der Waals surface area contributed by atoms with Crippen LogP contribution in [0.5, 0.6) is 0 Å². The van der Waals surface area contributed by atoms with Gasteiger partial charge in [0.05, 0.1) is 23.8 Å². The van der Waals surface area contributed by atoms with Crippen LogP contribution < -0.4 is 5.32 Å². The van der Waals surface area contributed by atoms with Crippen molar-refractivity contribution >= 4 is 21.7 Å². The van der Waals surface area contributed by atoms with E-state index in [0.29, 0.717) is 18.8 Å². The van der Waals surface area contributed by atoms with Crippen LogP contribution in [0, 0.1) is 5.92 Å². The normalized spacial score (nSPS) is 23.5. The zero-order valence-corrected chi connectivity index (χ0v) is 12.2. The van der Waals surface area contributed by atoms with Gasteiger partial charge in [0, 0.05) is 19.1 Å². The van der Waals surface area contributed by atoms with Crippen molar-refractivity contribution in [1.29, 1.82) is 0 Å². The molecule has 1 fully saturated rings. The lowest BCUT2D eigenvalue weighted by Gasteiger charge is -2.15. The average Bonchev–Trinajstić information content (AvgIpc) is 2.92. The molecule has 0 bridgehead atoms. The Bertz CT molecular complexity index is 433. The molecular weight excluding hydrogens is 298 g/mol. The maximum Gasteiger partial charge on any atom is 0.186 e. The summed E-state index contributed by atoms with van der Waals surface area (Å²) in [6.45, 7) is 4.10. The molecule has 5 nitrogen and oxygen atoms in total. The lowest BCUT2D eigenvalue weighted by atomic mass is 9.95. The van der Waals surface area contributed by atoms with Gasteiger partial charge < -0.3 is 10.1 Å². The zero-order valence-electron chi connectivity index (χ0n) is 10.6. The molecule has 2 rings (SSSR count). The number of halogens is 1. The summed E-state index contributed by atoms with van der Waals surface area (Å²) in [5, 5.41) is 7.52. The van der Waals surface area contributed by atoms with E-state index in [1.807, 2.05) is 0 Å². The molecule has 0 aromatic carbocycles. The molecule has 0 saturated carbocycles. The Labute approximate surface area is 115 Å². The quantitative estimate of drug-likeness (QED) is 0.836. The van der Waals surface area contributed by atoms with Gasteiger partial charge in [0.1, 0.15) is 5.69 Å². The summed E-state index contributed by atoms with van der Waals surface area (Å²) in [6.07, 6.45) is 2.57. The number of carbonyl (C=O) groups is 1. The highest BCUT2D eigenvalue weighted by Crippen LogP contribution is 2.25. The first-order valence-corrected chi connectivity index (χ1v) is 6.92. The SMILES string of the molecule is COCCn1ncc(Br)c1C(=O)C1CCNC1C. The van der Waals surface area contributed by atoms with E-state index in [2.05, 4.69) is 33.3 Å². The summed E-state index contributed by atoms with van der Waals surface area (Å²) >= 11 is 3.41. The van der Waals surface area contributed by atoms with Crippen LogP contribution in [0.3, 0.4) is 0 Å². The Kier molecular flexibility index (Phi) is 4.53. The summed E-state index contributed by atoms with van der Waals surface area (Å²) in [5.41, 5.74) is 0.660. The largest absolute Gasteiger partial charge is 0.383 e. The minimum atomic E-state index is 0.0410. The molecule has 100 valence electrons. The van der Waals surface area contributed by atoms with Crippen LogP contribution >= 0.6 is 15.9 Å². The molecule has 0 spiro atoms. The van der Waals surface area contributed by atoms with Crippen molar-refractivity contribution in [2.45, 2.75) is 25.9 Å². The Balaban J connectivity index is 2.20. The van der Waals surface area contributed by atoms with Crippen LogP contribution in [0.1, 0.15) is 23.8 Å². The number of Topliss-reactive ketones (excluding diaryl/α,β-unsaturated/α-hetero) is 1. The Morgan fingerprint density at radius 2 is 2.50 bits per heavy atom. The Morgan fingerprint density at radius 1 is 1.72 bits per heavy atom. The number of methoxy groups -OCH3 is 1. The topological polar surface area (TPSA) is 56.2 Å². The fourth-order valence-corrected chi connectivity index (χ4v) is 2.84. The summed E-state index contributed by atoms with van der Waals surface area (Å²) in [6, 6.07) is 0.232. The second-order valence-corrected chi connectivity index (χ2v) is 5.41. The number of ether oxygens (including phenoxy) is 1. The third-order valence-electron chi connectivity index (χ3n) is 3.40. The van der Waals surface area contributed by atoms with Crippen LogP contribution in [0.2, 0.25) is 0 Å². The molecule has 6 heteroatoms. The Morgan fingerprint density at radius 3 is 3.11 bits per heavy atom. The van der Waals surface area contributed by atoms with Crippen molar-refractivity contribution < 1.29 is 9.53 Å². The van der Waals surface area contributed by atoms with Gasteiger partial charge in [-0.1, -0.05) is 0 Å². The molecule has 0 aliphatic carbocycles. The standard InChI is InChI=1S/C12H18BrN3O2/c1-8-9(3-4-14-8)12(17)11-10(13)7-15-16(11)5-6-18-2/h7-9,14H,3-6H2,1-2H3. The fraction of sp³-hybridized carbons (Fsp3) is 0.667. The van der Waals surface area contributed by atoms with E-state index in [0.717, 1.165) is 17.4 Å². The molecule has 2 heterocycles. The van der Waals surface area contributed by atoms with Gasteiger partial charge in [0.2, 0.25) is 0 Å². The highest BCUT2D eigenvalue weighted by Gasteiger charge is 2.33. The third-order valence-corrected chi connectivity index (χ3v) is 3.98. The van der Waals surface area contributed by atoms with Gasteiger partial charge in [0.25, 0.3) is 0 Å². The van der Waals surface area contributed by atoms with Gasteiger partial charge in [-0.3, -0.25) is 9.48 Å². The minimum Gasteiger partial charge on any atom is -0.383 e. The summed E-state index contributed by atoms with van der Waals surface area (Å²) in [4.78, 5) is 12.6. The molecule has 1 aromatic rings. The van der Waals surface area contributed by atoms with Gasteiger partial charge in [-0.2, -0.15) is 5.10 Å². The fourth-order valence-electron chi connectivity index (χ4n) is 2.35. The second-order valence-electron chi connectivity index (χ2n) is 4.56. The van der Waals surface area contributed by atoms with Gasteiger partial charge in [-0.05, 0) is 35.8 Å². The number of aromatic nitrogens is 2. The number of nitrogens with one attached hydrogen (secondary N) is 1. The number of hydrogen-bond donors (Lipinski definition) is 1. The first-order chi connectivity index (χ1) is 8.65. The minimum absolute atomic E-state index is 0.0410. The molecule has 1 aromatic heterocycles. The zero-order chi connectivity index (χ0) is 13.1. The molecule has 18 heavy (non-hydrogen) atoms. The van der Waals surface area contributed by atoms with Crippen LogP contribution in [0.25, 0.3) is 0 Å². The average molecular weight is 316 g/mol. The highest BCUT2D eigenvalue weighted by molar-refractivity contribution is 9.10. The highest BCUT2D eigenvalue weighted by atomic mass is 79.9. The van der Waals surface area contributed by atoms with E-state index in [-0.39, 0.29) is 17.7 Å². The van der Waals surface area contributed by atoms with Crippen molar-refractivity contribution in [3.63, 3.8) is 0 Å². The summed E-state index contributed by atoms with van der Waals surface area (Å²) in [7, 11) is 1.64. The van der Waals surface area contributed by atoms with Crippen molar-refractivity contribution in [3.8, 4) is 0 Å². The van der Waals surface area contributed by atoms with E-state index in [4.69, 9.17) is 4.74 Å². The number of ketones is 1. The van der Waals surface area contributed by atoms with E-state index in [9.17, 15) is 4.79 Å². The van der Waals surface area contributed by atoms with E-state index in [1.165, 1.54) is 0 Å². The Hall–Kier alpha value is -0.720. The van der Waals surface area contributed by atoms with Crippen molar-refractivity contribution in [2.24, 2.45) is 5.92 Å². The van der Waals surface area contributed by atoms with Gasteiger partial charge in [-0.15, -0.1) is 0 Å². The van der Waals surface area contributed by atoms with E-state index < -0.39 is 0 Å². The van der Waals surface area contributed by atoms with Crippen molar-refractivity contribution in [2.75, 3.05) is 20.3 Å². The number of carbonyl (C=O) groups excluding carboxylic acids is 1. The molecule has 1 saturated heterocycles. The molecule has 1 aliphatic heterocycles. The molecule has 1 aliphatic rings. The lowest BCUT2D eigenvalue weighted by Crippen LogP contribution is -2.30. The maximum absolute atomic E-state index is 12.6. The van der Waals surface area contributed by atoms with E-state index >= 15 is 0 Å². The van der Waals surface area contributed by atoms with Gasteiger partial charge >= 0.3 is 0 Å². The molecule has 0 radical (unpaired) electrons. The number of rotatable bonds is 5. The summed E-state index contributed by atoms with van der Waals surface area (Å²) < 4.78 is 7.53. The van der Waals surface area contributed by atoms with Crippen LogP contribution in [-0.4, -0.2) is 41.9 Å². The molecule has 2 atom stereocenters. The van der Waals surface area contributed by atoms with Gasteiger partial charge in [0.15, 0.2) is 5.78 Å². The first-order valence-electron chi connectivity index (χ1n) is 6.13. The van der Waals surface area contributed by atoms with Crippen LogP contribution in [0.15, 0.2) is 10.7 Å². The predicted molar refractivity (Wildman–Crippen MR) is 71.7 cm³/mol. The first kappa shape index (κ1) is 13.7. The maximum atomic E-state index is 12.6. The van der Waals surface area contributed by atoms with Crippen molar-refractivity contribution in [3.05, 3.63) is 16.4 Å². The monoisotopic (exact) mass is 315 g/mol. The van der Waals surface area contributed by atoms with E-state index in [1.54, 1.807) is 18.0 Å². The molecule has 2 unspecified atom stereocenters. The lowest BCUT2D eigenvalue weighted by molar-refractivity contribution is 0.0898. The molecule has 0 amide bonds. The van der Waals surface area contributed by atoms with Gasteiger partial charge in [-0.25, -0.2) is 0 Å². The predicted octanol–water partition coefficient (Wildman–Crippen LogP) is 1.47. The number of hydrogen-bond acceptors (Lipinski definition) is 4.